The molecule has 1 aromatic carbocycles. The van der Waals surface area contributed by atoms with Crippen LogP contribution >= 0.6 is 0 Å². The minimum absolute atomic E-state index is 0.0601. The summed E-state index contributed by atoms with van der Waals surface area (Å²) in [6, 6.07) is 13.8. The van der Waals surface area contributed by atoms with Crippen molar-refractivity contribution in [2.24, 2.45) is 0 Å². The first-order valence-electron chi connectivity index (χ1n) is 8.26. The fraction of sp³-hybridized carbons (Fsp3) is 0.316. The number of amides is 1. The Bertz CT molecular complexity index is 826. The van der Waals surface area contributed by atoms with Gasteiger partial charge in [-0.25, -0.2) is 4.98 Å². The van der Waals surface area contributed by atoms with Gasteiger partial charge in [0, 0.05) is 36.6 Å². The van der Waals surface area contributed by atoms with Gasteiger partial charge < -0.3 is 4.90 Å². The van der Waals surface area contributed by atoms with Gasteiger partial charge in [-0.05, 0) is 43.1 Å². The lowest BCUT2D eigenvalue weighted by molar-refractivity contribution is 0.0981. The topological polar surface area (TPSA) is 60.2 Å². The van der Waals surface area contributed by atoms with Gasteiger partial charge in [0.05, 0.1) is 0 Å². The van der Waals surface area contributed by atoms with Crippen molar-refractivity contribution in [1.29, 1.82) is 5.26 Å². The van der Waals surface area contributed by atoms with Gasteiger partial charge in [-0.2, -0.15) is 5.26 Å². The molecule has 0 radical (unpaired) electrons. The predicted octanol–water partition coefficient (Wildman–Crippen LogP) is 2.58. The Morgan fingerprint density at radius 1 is 1.29 bits per heavy atom. The zero-order valence-corrected chi connectivity index (χ0v) is 13.4. The number of aromatic nitrogens is 1. The van der Waals surface area contributed by atoms with Crippen molar-refractivity contribution in [3.05, 3.63) is 59.4 Å². The van der Waals surface area contributed by atoms with Crippen LogP contribution in [0.3, 0.4) is 0 Å². The van der Waals surface area contributed by atoms with E-state index in [0.717, 1.165) is 25.2 Å². The van der Waals surface area contributed by atoms with Gasteiger partial charge in [-0.15, -0.1) is 0 Å². The Morgan fingerprint density at radius 2 is 2.17 bits per heavy atom. The van der Waals surface area contributed by atoms with Crippen LogP contribution in [0.1, 0.15) is 34.5 Å². The van der Waals surface area contributed by atoms with Crippen LogP contribution in [0.4, 0.5) is 5.69 Å². The van der Waals surface area contributed by atoms with Crippen LogP contribution in [0.5, 0.6) is 0 Å². The molecule has 0 aliphatic carbocycles. The largest absolute Gasteiger partial charge is 0.306 e. The number of pyridine rings is 1. The van der Waals surface area contributed by atoms with E-state index in [9.17, 15) is 4.79 Å². The van der Waals surface area contributed by atoms with Crippen molar-refractivity contribution in [2.75, 3.05) is 18.0 Å². The Kier molecular flexibility index (Phi) is 3.75. The van der Waals surface area contributed by atoms with Crippen molar-refractivity contribution in [3.8, 4) is 6.07 Å². The van der Waals surface area contributed by atoms with E-state index in [1.54, 1.807) is 12.1 Å². The van der Waals surface area contributed by atoms with Crippen molar-refractivity contribution in [1.82, 2.24) is 9.88 Å². The molecule has 5 nitrogen and oxygen atoms in total. The molecule has 0 bridgehead atoms. The number of carbonyl (C=O) groups excluding carboxylic acids is 1. The van der Waals surface area contributed by atoms with Crippen molar-refractivity contribution in [3.63, 3.8) is 0 Å². The third kappa shape index (κ3) is 2.55. The van der Waals surface area contributed by atoms with Crippen LogP contribution in [0.25, 0.3) is 0 Å². The van der Waals surface area contributed by atoms with Crippen LogP contribution in [0.15, 0.2) is 42.6 Å². The summed E-state index contributed by atoms with van der Waals surface area (Å²) < 4.78 is 0. The van der Waals surface area contributed by atoms with E-state index in [1.807, 2.05) is 29.2 Å². The Labute approximate surface area is 141 Å². The SMILES string of the molecule is N#Cc1cc(C(=O)N2C[C@@H]3CCCN3Cc3ccccc32)ccn1. The summed E-state index contributed by atoms with van der Waals surface area (Å²) in [5.41, 5.74) is 2.95. The van der Waals surface area contributed by atoms with Crippen LogP contribution < -0.4 is 4.90 Å². The monoisotopic (exact) mass is 318 g/mol. The number of hydrogen-bond acceptors (Lipinski definition) is 4. The molecule has 3 heterocycles. The lowest BCUT2D eigenvalue weighted by Gasteiger charge is -2.26. The first-order valence-corrected chi connectivity index (χ1v) is 8.26. The molecule has 120 valence electrons. The van der Waals surface area contributed by atoms with E-state index in [0.29, 0.717) is 18.2 Å². The summed E-state index contributed by atoms with van der Waals surface area (Å²) in [7, 11) is 0. The summed E-state index contributed by atoms with van der Waals surface area (Å²) in [5.74, 6) is -0.0601. The van der Waals surface area contributed by atoms with E-state index in [2.05, 4.69) is 16.0 Å². The number of para-hydroxylation sites is 1. The summed E-state index contributed by atoms with van der Waals surface area (Å²) in [6.45, 7) is 2.68. The van der Waals surface area contributed by atoms with E-state index in [4.69, 9.17) is 5.26 Å². The van der Waals surface area contributed by atoms with E-state index in [1.165, 1.54) is 18.2 Å². The van der Waals surface area contributed by atoms with Gasteiger partial charge in [0.15, 0.2) is 0 Å². The molecule has 1 saturated heterocycles. The molecule has 1 atom stereocenters. The molecule has 2 aliphatic heterocycles. The Hall–Kier alpha value is -2.71. The smallest absolute Gasteiger partial charge is 0.258 e. The lowest BCUT2D eigenvalue weighted by atomic mass is 10.1. The first-order chi connectivity index (χ1) is 11.8. The molecule has 2 aromatic rings. The number of nitriles is 1. The van der Waals surface area contributed by atoms with Gasteiger partial charge >= 0.3 is 0 Å². The fourth-order valence-electron chi connectivity index (χ4n) is 3.72. The van der Waals surface area contributed by atoms with E-state index >= 15 is 0 Å². The van der Waals surface area contributed by atoms with Gasteiger partial charge in [0.1, 0.15) is 11.8 Å². The van der Waals surface area contributed by atoms with Crippen molar-refractivity contribution < 1.29 is 4.79 Å². The van der Waals surface area contributed by atoms with Gasteiger partial charge in [0.2, 0.25) is 0 Å². The summed E-state index contributed by atoms with van der Waals surface area (Å²) in [6.07, 6.45) is 3.83. The standard InChI is InChI=1S/C19H18N4O/c20-11-16-10-14(7-8-21-16)19(24)23-13-17-5-3-9-22(17)12-15-4-1-2-6-18(15)23/h1-2,4,6-8,10,17H,3,5,9,12-13H2/t17-/m0/s1. The van der Waals surface area contributed by atoms with E-state index in [-0.39, 0.29) is 11.6 Å². The zero-order chi connectivity index (χ0) is 16.5. The quantitative estimate of drug-likeness (QED) is 0.811. The maximum Gasteiger partial charge on any atom is 0.258 e. The molecule has 24 heavy (non-hydrogen) atoms. The summed E-state index contributed by atoms with van der Waals surface area (Å²) >= 11 is 0. The normalized spacial score (nSPS) is 20.0. The predicted molar refractivity (Wildman–Crippen MR) is 90.5 cm³/mol. The first kappa shape index (κ1) is 14.9. The molecule has 1 aromatic heterocycles. The number of anilines is 1. The number of benzene rings is 1. The molecule has 0 saturated carbocycles. The Balaban J connectivity index is 1.75. The lowest BCUT2D eigenvalue weighted by Crippen LogP contribution is -2.40. The Morgan fingerprint density at radius 3 is 3.04 bits per heavy atom. The highest BCUT2D eigenvalue weighted by atomic mass is 16.2. The molecule has 0 N–H and O–H groups in total. The van der Waals surface area contributed by atoms with Gasteiger partial charge in [0.25, 0.3) is 5.91 Å². The highest BCUT2D eigenvalue weighted by Gasteiger charge is 2.33. The third-order valence-electron chi connectivity index (χ3n) is 4.91. The number of rotatable bonds is 1. The zero-order valence-electron chi connectivity index (χ0n) is 13.4. The second-order valence-corrected chi connectivity index (χ2v) is 6.35. The molecular formula is C19H18N4O. The summed E-state index contributed by atoms with van der Waals surface area (Å²) in [5, 5.41) is 9.04. The van der Waals surface area contributed by atoms with Crippen LogP contribution in [0.2, 0.25) is 0 Å². The average Bonchev–Trinajstić information content (AvgIpc) is 3.00. The van der Waals surface area contributed by atoms with Crippen LogP contribution in [-0.4, -0.2) is 34.9 Å². The maximum atomic E-state index is 13.1. The molecule has 4 rings (SSSR count). The number of nitrogens with zero attached hydrogens (tertiary/aromatic N) is 4. The number of fused-ring (bicyclic) bond motifs is 2. The van der Waals surface area contributed by atoms with Gasteiger partial charge in [-0.1, -0.05) is 18.2 Å². The molecule has 0 unspecified atom stereocenters. The molecular weight excluding hydrogens is 300 g/mol. The second-order valence-electron chi connectivity index (χ2n) is 6.35. The minimum Gasteiger partial charge on any atom is -0.306 e. The molecule has 1 amide bonds. The summed E-state index contributed by atoms with van der Waals surface area (Å²) in [4.78, 5) is 21.5. The number of carbonyl (C=O) groups is 1. The van der Waals surface area contributed by atoms with Gasteiger partial charge in [-0.3, -0.25) is 9.69 Å². The second kappa shape index (κ2) is 6.06. The van der Waals surface area contributed by atoms with Crippen molar-refractivity contribution in [2.45, 2.75) is 25.4 Å². The molecule has 0 spiro atoms. The van der Waals surface area contributed by atoms with Crippen LogP contribution in [0, 0.1) is 11.3 Å². The average molecular weight is 318 g/mol. The molecule has 5 heteroatoms. The molecule has 1 fully saturated rings. The van der Waals surface area contributed by atoms with E-state index < -0.39 is 0 Å². The fourth-order valence-corrected chi connectivity index (χ4v) is 3.72. The highest BCUT2D eigenvalue weighted by molar-refractivity contribution is 6.06. The highest BCUT2D eigenvalue weighted by Crippen LogP contribution is 2.32. The van der Waals surface area contributed by atoms with Crippen molar-refractivity contribution >= 4 is 11.6 Å². The van der Waals surface area contributed by atoms with Crippen LogP contribution in [-0.2, 0) is 6.54 Å². The minimum atomic E-state index is -0.0601. The molecule has 2 aliphatic rings. The maximum absolute atomic E-state index is 13.1. The number of hydrogen-bond donors (Lipinski definition) is 0. The third-order valence-corrected chi connectivity index (χ3v) is 4.91.